The quantitative estimate of drug-likeness (QED) is 0.0236. The lowest BCUT2D eigenvalue weighted by Crippen LogP contribution is -2.20. The SMILES string of the molecule is CCC(CC(C)c1ccc(CCCCCCCCCCCCc2ccc(C(C)(C)c3ccc(N(c4ccc(C(C)(C)c5ccccc5)cc4)c4c5ccccc5c(N(c5ccc(C(C)(C)c6ccccc6)cc5)c5ccc(C(C)(C)c6ccccc6)cc5)c5ccccc45)cc3)cc2)cc1)c1ccc(Br)cc1. The molecule has 0 saturated carbocycles. The van der Waals surface area contributed by atoms with E-state index in [0.717, 1.165) is 66.6 Å². The predicted octanol–water partition coefficient (Wildman–Crippen LogP) is 30.4. The van der Waals surface area contributed by atoms with E-state index in [-0.39, 0.29) is 21.7 Å². The van der Waals surface area contributed by atoms with E-state index in [0.29, 0.717) is 11.8 Å². The van der Waals surface area contributed by atoms with Crippen LogP contribution in [0.3, 0.4) is 0 Å². The van der Waals surface area contributed by atoms with Crippen LogP contribution in [0.1, 0.15) is 225 Å². The fourth-order valence-corrected chi connectivity index (χ4v) is 17.0. The average molecular weight is 1470 g/mol. The van der Waals surface area contributed by atoms with Gasteiger partial charge >= 0.3 is 0 Å². The fraction of sp³-hybridized carbons (Fsp3) is 0.288. The summed E-state index contributed by atoms with van der Waals surface area (Å²) in [5, 5.41) is 4.66. The molecule has 0 aliphatic rings. The largest absolute Gasteiger partial charge is 0.309 e. The maximum Gasteiger partial charge on any atom is 0.0619 e. The van der Waals surface area contributed by atoms with Crippen LogP contribution < -0.4 is 9.80 Å². The highest BCUT2D eigenvalue weighted by Crippen LogP contribution is 2.52. The standard InChI is InChI=1S/C104H111BrN2/c1-11-79(81-53-65-90(105)66-54-81)75-76(2)80-51-47-77(48-52-80)35-23-18-16-14-12-13-15-17-19-24-36-78-49-55-85(56-50-78)104(9,10)89-63-73-94(74-64-89)107(93-71-61-88(62-72-93)103(7,8)84-41-29-22-30-42-84)100-97-45-33-31-43-95(97)99(96-44-32-34-46-98(96)100)106(91-67-57-86(58-68-91)101(3,4)82-37-25-20-26-38-82)92-69-59-87(60-70-92)102(5,6)83-39-27-21-28-40-83/h20-22,25-34,37-74,76,79H,11-19,23-24,35-36,75H2,1-10H3. The summed E-state index contributed by atoms with van der Waals surface area (Å²) in [6, 6.07) is 117. The maximum atomic E-state index is 3.60. The van der Waals surface area contributed by atoms with Gasteiger partial charge in [0.2, 0.25) is 0 Å². The Labute approximate surface area is 650 Å². The summed E-state index contributed by atoms with van der Waals surface area (Å²) >= 11 is 3.60. The van der Waals surface area contributed by atoms with Crippen LogP contribution in [0.4, 0.5) is 34.1 Å². The first-order chi connectivity index (χ1) is 51.9. The molecule has 0 heterocycles. The molecular weight excluding hydrogens is 1360 g/mol. The van der Waals surface area contributed by atoms with Gasteiger partial charge in [-0.25, -0.2) is 0 Å². The molecule has 107 heavy (non-hydrogen) atoms. The number of hydrogen-bond donors (Lipinski definition) is 0. The molecule has 3 heteroatoms. The van der Waals surface area contributed by atoms with Gasteiger partial charge < -0.3 is 9.80 Å². The lowest BCUT2D eigenvalue weighted by Gasteiger charge is -2.34. The second kappa shape index (κ2) is 34.1. The molecule has 0 radical (unpaired) electrons. The summed E-state index contributed by atoms with van der Waals surface area (Å²) in [6.07, 6.45) is 18.0. The Morgan fingerprint density at radius 1 is 0.271 bits per heavy atom. The van der Waals surface area contributed by atoms with Crippen molar-refractivity contribution in [3.63, 3.8) is 0 Å². The van der Waals surface area contributed by atoms with Crippen LogP contribution in [0.15, 0.2) is 314 Å². The second-order valence-corrected chi connectivity index (χ2v) is 33.4. The van der Waals surface area contributed by atoms with Crippen molar-refractivity contribution in [2.24, 2.45) is 0 Å². The minimum Gasteiger partial charge on any atom is -0.309 e. The molecule has 0 aliphatic carbocycles. The smallest absolute Gasteiger partial charge is 0.0619 e. The van der Waals surface area contributed by atoms with Gasteiger partial charge in [-0.1, -0.05) is 385 Å². The molecule has 0 aromatic heterocycles. The maximum absolute atomic E-state index is 3.60. The van der Waals surface area contributed by atoms with E-state index in [4.69, 9.17) is 0 Å². The molecule has 0 saturated heterocycles. The predicted molar refractivity (Wildman–Crippen MR) is 465 cm³/mol. The number of rotatable bonds is 32. The second-order valence-electron chi connectivity index (χ2n) is 32.5. The van der Waals surface area contributed by atoms with Crippen molar-refractivity contribution >= 4 is 71.6 Å². The molecule has 13 aromatic carbocycles. The molecule has 2 unspecified atom stereocenters. The van der Waals surface area contributed by atoms with Crippen molar-refractivity contribution < 1.29 is 0 Å². The summed E-state index contributed by atoms with van der Waals surface area (Å²) < 4.78 is 1.15. The van der Waals surface area contributed by atoms with Gasteiger partial charge in [0.1, 0.15) is 0 Å². The van der Waals surface area contributed by atoms with E-state index in [2.05, 4.69) is 404 Å². The molecule has 544 valence electrons. The van der Waals surface area contributed by atoms with Crippen molar-refractivity contribution in [2.75, 3.05) is 9.80 Å². The molecule has 2 nitrogen and oxygen atoms in total. The zero-order valence-corrected chi connectivity index (χ0v) is 66.9. The number of halogens is 1. The summed E-state index contributed by atoms with van der Waals surface area (Å²) in [5.41, 5.74) is 22.0. The van der Waals surface area contributed by atoms with Crippen LogP contribution in [-0.2, 0) is 34.5 Å². The third-order valence-corrected chi connectivity index (χ3v) is 24.6. The number of aryl methyl sites for hydroxylation is 2. The van der Waals surface area contributed by atoms with Gasteiger partial charge in [-0.3, -0.25) is 0 Å². The number of benzene rings is 13. The Kier molecular flexibility index (Phi) is 24.1. The van der Waals surface area contributed by atoms with Crippen molar-refractivity contribution in [3.05, 3.63) is 381 Å². The normalized spacial score (nSPS) is 12.7. The van der Waals surface area contributed by atoms with Crippen LogP contribution in [0, 0.1) is 0 Å². The first-order valence-electron chi connectivity index (χ1n) is 40.0. The molecule has 0 aliphatic heterocycles. The first-order valence-corrected chi connectivity index (χ1v) is 40.8. The Bertz CT molecular complexity index is 4810. The van der Waals surface area contributed by atoms with Crippen molar-refractivity contribution in [3.8, 4) is 0 Å². The molecule has 13 rings (SSSR count). The van der Waals surface area contributed by atoms with Crippen LogP contribution >= 0.6 is 15.9 Å². The number of hydrogen-bond acceptors (Lipinski definition) is 2. The minimum atomic E-state index is -0.229. The van der Waals surface area contributed by atoms with Gasteiger partial charge in [-0.05, 0) is 178 Å². The van der Waals surface area contributed by atoms with E-state index in [1.54, 1.807) is 0 Å². The highest BCUT2D eigenvalue weighted by molar-refractivity contribution is 9.10. The summed E-state index contributed by atoms with van der Waals surface area (Å²) in [5.74, 6) is 1.15. The number of fused-ring (bicyclic) bond motifs is 2. The average Bonchev–Trinajstić information content (AvgIpc) is 0.721. The third kappa shape index (κ3) is 17.2. The van der Waals surface area contributed by atoms with E-state index < -0.39 is 0 Å². The van der Waals surface area contributed by atoms with E-state index >= 15 is 0 Å². The monoisotopic (exact) mass is 1470 g/mol. The topological polar surface area (TPSA) is 6.48 Å². The zero-order chi connectivity index (χ0) is 74.6. The van der Waals surface area contributed by atoms with Crippen molar-refractivity contribution in [2.45, 2.75) is 193 Å². The molecular formula is C104H111BrN2. The Morgan fingerprint density at radius 3 is 0.804 bits per heavy atom. The van der Waals surface area contributed by atoms with E-state index in [1.165, 1.54) is 150 Å². The molecule has 0 fully saturated rings. The Morgan fingerprint density at radius 2 is 0.514 bits per heavy atom. The highest BCUT2D eigenvalue weighted by Gasteiger charge is 2.31. The van der Waals surface area contributed by atoms with Crippen LogP contribution in [0.5, 0.6) is 0 Å². The zero-order valence-electron chi connectivity index (χ0n) is 65.3. The third-order valence-electron chi connectivity index (χ3n) is 24.1. The Balaban J connectivity index is 0.714. The molecule has 13 aromatic rings. The molecule has 0 bridgehead atoms. The van der Waals surface area contributed by atoms with Gasteiger partial charge in [0.05, 0.1) is 11.4 Å². The van der Waals surface area contributed by atoms with Crippen molar-refractivity contribution in [1.29, 1.82) is 0 Å². The van der Waals surface area contributed by atoms with Crippen LogP contribution in [0.25, 0.3) is 21.5 Å². The summed E-state index contributed by atoms with van der Waals surface area (Å²) in [7, 11) is 0. The highest BCUT2D eigenvalue weighted by atomic mass is 79.9. The van der Waals surface area contributed by atoms with Gasteiger partial charge in [0.25, 0.3) is 0 Å². The molecule has 0 spiro atoms. The number of nitrogens with zero attached hydrogens (tertiary/aromatic N) is 2. The summed E-state index contributed by atoms with van der Waals surface area (Å²) in [4.78, 5) is 5.05. The van der Waals surface area contributed by atoms with Gasteiger partial charge in [-0.2, -0.15) is 0 Å². The van der Waals surface area contributed by atoms with Crippen molar-refractivity contribution in [1.82, 2.24) is 0 Å². The van der Waals surface area contributed by atoms with Gasteiger partial charge in [0.15, 0.2) is 0 Å². The van der Waals surface area contributed by atoms with Crippen LogP contribution in [0.2, 0.25) is 0 Å². The van der Waals surface area contributed by atoms with E-state index in [9.17, 15) is 0 Å². The number of unbranched alkanes of at least 4 members (excludes halogenated alkanes) is 9. The van der Waals surface area contributed by atoms with Gasteiger partial charge in [0, 0.05) is 70.4 Å². The molecule has 0 amide bonds. The summed E-state index contributed by atoms with van der Waals surface area (Å²) in [6.45, 7) is 23.5. The minimum absolute atomic E-state index is 0.201. The first kappa shape index (κ1) is 75.7. The lowest BCUT2D eigenvalue weighted by molar-refractivity contribution is 0.544. The molecule has 2 atom stereocenters. The number of anilines is 6. The Hall–Kier alpha value is -9.54. The van der Waals surface area contributed by atoms with Crippen LogP contribution in [-0.4, -0.2) is 0 Å². The molecule has 0 N–H and O–H groups in total. The van der Waals surface area contributed by atoms with E-state index in [1.807, 2.05) is 0 Å². The fourth-order valence-electron chi connectivity index (χ4n) is 16.7. The lowest BCUT2D eigenvalue weighted by atomic mass is 9.77. The van der Waals surface area contributed by atoms with Gasteiger partial charge in [-0.15, -0.1) is 0 Å².